The van der Waals surface area contributed by atoms with E-state index in [1.807, 2.05) is 0 Å². The minimum atomic E-state index is -1.04. The van der Waals surface area contributed by atoms with Gasteiger partial charge >= 0.3 is 6.09 Å². The quantitative estimate of drug-likeness (QED) is 0.218. The summed E-state index contributed by atoms with van der Waals surface area (Å²) in [6.45, 7) is 8.61. The van der Waals surface area contributed by atoms with Crippen LogP contribution in [0.2, 0.25) is 5.28 Å². The molecule has 36 heavy (non-hydrogen) atoms. The highest BCUT2D eigenvalue weighted by Crippen LogP contribution is 2.42. The van der Waals surface area contributed by atoms with E-state index in [4.69, 9.17) is 16.3 Å². The third-order valence-electron chi connectivity index (χ3n) is 6.55. The van der Waals surface area contributed by atoms with E-state index in [0.29, 0.717) is 5.88 Å². The first kappa shape index (κ1) is 27.9. The van der Waals surface area contributed by atoms with Gasteiger partial charge in [0.2, 0.25) is 11.2 Å². The number of rotatable bonds is 14. The van der Waals surface area contributed by atoms with Crippen molar-refractivity contribution in [1.29, 1.82) is 0 Å². The molecule has 7 nitrogen and oxygen atoms in total. The van der Waals surface area contributed by atoms with Crippen LogP contribution in [0.5, 0.6) is 11.6 Å². The number of hydrogen-bond acceptors (Lipinski definition) is 5. The summed E-state index contributed by atoms with van der Waals surface area (Å²) in [5.74, 6) is 1.19. The van der Waals surface area contributed by atoms with Crippen molar-refractivity contribution >= 4 is 28.6 Å². The molecule has 0 bridgehead atoms. The monoisotopic (exact) mass is 514 g/mol. The normalized spacial score (nSPS) is 11.4. The minimum absolute atomic E-state index is 0.132. The van der Waals surface area contributed by atoms with Gasteiger partial charge in [-0.25, -0.2) is 9.78 Å². The Morgan fingerprint density at radius 3 is 2.08 bits per heavy atom. The molecule has 0 aliphatic rings. The Kier molecular flexibility index (Phi) is 10.5. The van der Waals surface area contributed by atoms with Crippen LogP contribution >= 0.6 is 11.6 Å². The van der Waals surface area contributed by atoms with Gasteiger partial charge in [0, 0.05) is 28.8 Å². The molecule has 2 aromatic heterocycles. The number of fused-ring (bicyclic) bond motifs is 1. The van der Waals surface area contributed by atoms with Crippen molar-refractivity contribution < 1.29 is 14.6 Å². The number of aryl methyl sites for hydroxylation is 3. The van der Waals surface area contributed by atoms with Gasteiger partial charge in [0.15, 0.2) is 0 Å². The van der Waals surface area contributed by atoms with Crippen LogP contribution in [0.15, 0.2) is 12.3 Å². The van der Waals surface area contributed by atoms with Crippen molar-refractivity contribution in [3.63, 3.8) is 0 Å². The summed E-state index contributed by atoms with van der Waals surface area (Å²) in [6.07, 6.45) is 11.5. The summed E-state index contributed by atoms with van der Waals surface area (Å²) in [4.78, 5) is 20.7. The zero-order valence-corrected chi connectivity index (χ0v) is 22.8. The molecule has 0 spiro atoms. The Labute approximate surface area is 219 Å². The smallest absolute Gasteiger partial charge is 0.432 e. The average molecular weight is 515 g/mol. The molecule has 0 amide bonds. The summed E-state index contributed by atoms with van der Waals surface area (Å²) in [6, 6.07) is 1.72. The van der Waals surface area contributed by atoms with Gasteiger partial charge in [0.25, 0.3) is 0 Å². The van der Waals surface area contributed by atoms with E-state index in [1.165, 1.54) is 4.68 Å². The SMILES string of the molecule is CCCCc1c(Oc2ccnc(Cl)n2)c(CCCC)c2c(CCCC)nn(C(=O)O)c2c1CCCC. The molecule has 0 saturated heterocycles. The first-order valence-electron chi connectivity index (χ1n) is 13.4. The summed E-state index contributed by atoms with van der Waals surface area (Å²) in [5, 5.41) is 15.9. The maximum atomic E-state index is 12.4. The molecular weight excluding hydrogens is 476 g/mol. The van der Waals surface area contributed by atoms with Gasteiger partial charge in [-0.15, -0.1) is 0 Å². The molecule has 0 aliphatic carbocycles. The molecule has 3 rings (SSSR count). The number of hydrogen-bond donors (Lipinski definition) is 1. The molecule has 1 aromatic carbocycles. The van der Waals surface area contributed by atoms with Crippen LogP contribution in [-0.2, 0) is 25.7 Å². The molecule has 0 unspecified atom stereocenters. The predicted molar refractivity (Wildman–Crippen MR) is 145 cm³/mol. The van der Waals surface area contributed by atoms with E-state index < -0.39 is 6.09 Å². The lowest BCUT2D eigenvalue weighted by Gasteiger charge is -2.22. The van der Waals surface area contributed by atoms with E-state index in [0.717, 1.165) is 116 Å². The Bertz CT molecular complexity index is 1180. The van der Waals surface area contributed by atoms with Crippen molar-refractivity contribution in [1.82, 2.24) is 19.7 Å². The first-order chi connectivity index (χ1) is 17.5. The van der Waals surface area contributed by atoms with Crippen molar-refractivity contribution in [2.45, 2.75) is 105 Å². The number of carbonyl (C=O) groups is 1. The Morgan fingerprint density at radius 2 is 1.50 bits per heavy atom. The van der Waals surface area contributed by atoms with Crippen LogP contribution in [0.4, 0.5) is 4.79 Å². The lowest BCUT2D eigenvalue weighted by Crippen LogP contribution is -2.13. The number of halogens is 1. The van der Waals surface area contributed by atoms with Crippen LogP contribution in [0, 0.1) is 0 Å². The van der Waals surface area contributed by atoms with Gasteiger partial charge in [0.05, 0.1) is 11.2 Å². The molecule has 2 heterocycles. The van der Waals surface area contributed by atoms with Crippen molar-refractivity contribution in [2.75, 3.05) is 0 Å². The summed E-state index contributed by atoms with van der Waals surface area (Å²) in [7, 11) is 0. The second-order valence-corrected chi connectivity index (χ2v) is 9.65. The number of aromatic nitrogens is 4. The second kappa shape index (κ2) is 13.6. The Morgan fingerprint density at radius 1 is 0.917 bits per heavy atom. The minimum Gasteiger partial charge on any atom is -0.463 e. The summed E-state index contributed by atoms with van der Waals surface area (Å²) < 4.78 is 7.78. The zero-order chi connectivity index (χ0) is 26.1. The van der Waals surface area contributed by atoms with Crippen molar-refractivity contribution in [2.24, 2.45) is 0 Å². The topological polar surface area (TPSA) is 90.1 Å². The number of ether oxygens (including phenoxy) is 1. The third-order valence-corrected chi connectivity index (χ3v) is 6.74. The fourth-order valence-electron chi connectivity index (χ4n) is 4.73. The molecule has 0 saturated carbocycles. The van der Waals surface area contributed by atoms with Gasteiger partial charge in [-0.2, -0.15) is 14.8 Å². The van der Waals surface area contributed by atoms with Crippen LogP contribution in [0.3, 0.4) is 0 Å². The maximum absolute atomic E-state index is 12.4. The highest BCUT2D eigenvalue weighted by atomic mass is 35.5. The van der Waals surface area contributed by atoms with Crippen LogP contribution < -0.4 is 4.74 Å². The molecule has 196 valence electrons. The van der Waals surface area contributed by atoms with Gasteiger partial charge < -0.3 is 9.84 Å². The van der Waals surface area contributed by atoms with E-state index in [9.17, 15) is 9.90 Å². The number of unbranched alkanes of at least 4 members (excludes halogenated alkanes) is 4. The molecular formula is C28H39ClN4O3. The highest BCUT2D eigenvalue weighted by Gasteiger charge is 2.28. The van der Waals surface area contributed by atoms with E-state index in [1.54, 1.807) is 12.3 Å². The van der Waals surface area contributed by atoms with Crippen LogP contribution in [0.1, 0.15) is 101 Å². The van der Waals surface area contributed by atoms with Crippen LogP contribution in [-0.4, -0.2) is 30.9 Å². The fourth-order valence-corrected chi connectivity index (χ4v) is 4.87. The molecule has 3 aromatic rings. The molecule has 8 heteroatoms. The first-order valence-corrected chi connectivity index (χ1v) is 13.8. The lowest BCUT2D eigenvalue weighted by molar-refractivity contribution is 0.193. The summed E-state index contributed by atoms with van der Waals surface area (Å²) >= 11 is 6.09. The predicted octanol–water partition coefficient (Wildman–Crippen LogP) is 8.17. The summed E-state index contributed by atoms with van der Waals surface area (Å²) in [5.41, 5.74) is 4.72. The average Bonchev–Trinajstić information content (AvgIpc) is 3.24. The van der Waals surface area contributed by atoms with E-state index >= 15 is 0 Å². The third kappa shape index (κ3) is 6.36. The van der Waals surface area contributed by atoms with Crippen LogP contribution in [0.25, 0.3) is 10.9 Å². The largest absolute Gasteiger partial charge is 0.463 e. The molecule has 0 radical (unpaired) electrons. The Hall–Kier alpha value is -2.67. The second-order valence-electron chi connectivity index (χ2n) is 9.31. The lowest BCUT2D eigenvalue weighted by atomic mass is 9.88. The maximum Gasteiger partial charge on any atom is 0.432 e. The van der Waals surface area contributed by atoms with Gasteiger partial charge in [-0.3, -0.25) is 0 Å². The van der Waals surface area contributed by atoms with Gasteiger partial charge in [0.1, 0.15) is 5.75 Å². The Balaban J connectivity index is 2.44. The molecule has 0 atom stereocenters. The molecule has 1 N–H and O–H groups in total. The van der Waals surface area contributed by atoms with Crippen molar-refractivity contribution in [3.05, 3.63) is 39.9 Å². The van der Waals surface area contributed by atoms with Gasteiger partial charge in [-0.05, 0) is 68.5 Å². The zero-order valence-electron chi connectivity index (χ0n) is 22.1. The fraction of sp³-hybridized carbons (Fsp3) is 0.571. The number of nitrogens with zero attached hydrogens (tertiary/aromatic N) is 4. The molecule has 0 fully saturated rings. The van der Waals surface area contributed by atoms with E-state index in [2.05, 4.69) is 42.8 Å². The standard InChI is InChI=1S/C28H39ClN4O3/c1-5-9-13-19-20(14-10-6-2)26(36-23-17-18-30-27(29)31-23)21(15-11-7-3)24-22(16-12-8-4)32-33(25(19)24)28(34)35/h17-18H,5-16H2,1-4H3,(H,34,35). The number of benzene rings is 1. The molecule has 0 aliphatic heterocycles. The van der Waals surface area contributed by atoms with Gasteiger partial charge in [-0.1, -0.05) is 53.4 Å². The highest BCUT2D eigenvalue weighted by molar-refractivity contribution is 6.28. The number of carboxylic acid groups (broad SMARTS) is 1. The van der Waals surface area contributed by atoms with E-state index in [-0.39, 0.29) is 5.28 Å². The van der Waals surface area contributed by atoms with Crippen molar-refractivity contribution in [3.8, 4) is 11.6 Å².